The van der Waals surface area contributed by atoms with Crippen LogP contribution >= 0.6 is 0 Å². The molecule has 101 heavy (non-hydrogen) atoms. The second kappa shape index (κ2) is 39.1. The summed E-state index contributed by atoms with van der Waals surface area (Å²) in [6.07, 6.45) is -17.0. The van der Waals surface area contributed by atoms with Gasteiger partial charge >= 0.3 is 0 Å². The lowest BCUT2D eigenvalue weighted by molar-refractivity contribution is -0.406. The summed E-state index contributed by atoms with van der Waals surface area (Å²) < 4.78 is 121. The number of benzene rings is 9. The molecular weight excluding hydrogens is 1280 g/mol. The van der Waals surface area contributed by atoms with Crippen LogP contribution in [0.2, 0.25) is 0 Å². The van der Waals surface area contributed by atoms with E-state index in [1.165, 1.54) is 0 Å². The first kappa shape index (κ1) is 73.1. The minimum atomic E-state index is -1.56. The number of rotatable bonds is 37. The second-order valence-electron chi connectivity index (χ2n) is 25.2. The molecule has 3 saturated heterocycles. The molecule has 3 aliphatic rings. The Labute approximate surface area is 593 Å². The van der Waals surface area contributed by atoms with E-state index >= 15 is 0 Å². The predicted molar refractivity (Wildman–Crippen MR) is 378 cm³/mol. The molecule has 15 unspecified atom stereocenters. The highest BCUT2D eigenvalue weighted by molar-refractivity contribution is 5.21. The van der Waals surface area contributed by atoms with Crippen molar-refractivity contribution in [1.29, 1.82) is 0 Å². The highest BCUT2D eigenvalue weighted by Gasteiger charge is 2.58. The van der Waals surface area contributed by atoms with Crippen molar-refractivity contribution in [2.75, 3.05) is 34.5 Å². The first-order chi connectivity index (χ1) is 50.0. The third-order valence-corrected chi connectivity index (χ3v) is 18.0. The normalized spacial score (nSPS) is 25.5. The Morgan fingerprint density at radius 1 is 0.238 bits per heavy atom. The van der Waals surface area contributed by atoms with Crippen LogP contribution in [0.5, 0.6) is 0 Å². The lowest BCUT2D eigenvalue weighted by Gasteiger charge is -2.51. The molecule has 3 heterocycles. The Kier molecular flexibility index (Phi) is 28.3. The van der Waals surface area contributed by atoms with Gasteiger partial charge in [0, 0.05) is 21.3 Å². The average Bonchev–Trinajstić information content (AvgIpc) is 0.763. The zero-order valence-corrected chi connectivity index (χ0v) is 57.4. The van der Waals surface area contributed by atoms with Gasteiger partial charge in [0.15, 0.2) is 25.2 Å². The predicted octanol–water partition coefficient (Wildman–Crippen LogP) is 13.7. The molecule has 9 aromatic carbocycles. The first-order valence-corrected chi connectivity index (χ1v) is 34.6. The zero-order valence-electron chi connectivity index (χ0n) is 57.4. The molecule has 530 valence electrons. The molecule has 17 nitrogen and oxygen atoms in total. The summed E-state index contributed by atoms with van der Waals surface area (Å²) in [4.78, 5) is 0. The molecule has 0 aromatic heterocycles. The van der Waals surface area contributed by atoms with E-state index in [1.807, 2.05) is 273 Å². The highest BCUT2D eigenvalue weighted by atomic mass is 16.8. The number of methoxy groups -OCH3 is 3. The minimum absolute atomic E-state index is 0.0868. The lowest BCUT2D eigenvalue weighted by atomic mass is 9.95. The quantitative estimate of drug-likeness (QED) is 0.0338. The summed E-state index contributed by atoms with van der Waals surface area (Å²) >= 11 is 0. The number of hydrogen-bond donors (Lipinski definition) is 0. The fraction of sp³-hybridized carbons (Fsp3) is 0.357. The molecule has 0 N–H and O–H groups in total. The number of ether oxygens (including phenoxy) is 17. The van der Waals surface area contributed by atoms with Crippen molar-refractivity contribution >= 4 is 0 Å². The van der Waals surface area contributed by atoms with E-state index in [4.69, 9.17) is 80.5 Å². The highest BCUT2D eigenvalue weighted by Crippen LogP contribution is 2.40. The molecule has 0 radical (unpaired) electrons. The van der Waals surface area contributed by atoms with Crippen LogP contribution in [0.25, 0.3) is 0 Å². The van der Waals surface area contributed by atoms with Gasteiger partial charge in [-0.05, 0) is 50.1 Å². The van der Waals surface area contributed by atoms with Crippen LogP contribution in [-0.4, -0.2) is 133 Å². The smallest absolute Gasteiger partial charge is 0.187 e. The standard InChI is InChI=1S/C84H92O17/c1-85-81-77(96-57-68-47-29-12-30-48-68)75(94-55-66-43-25-10-26-44-66)76(95-56-67-45-27-11-28-46-67)80(99-81)84(100-78-73(92-53-64-39-21-8-22-40-64)71(90-51-62-35-17-6-18-36-62)69(97-82(78)86-2)58-88-49-60-31-13-4-14-32-60)101-79-74(93-54-65-41-23-9-24-42-65)72(91-52-63-37-19-7-20-38-63)70(98-83(79)87-3)59-89-50-61-33-15-5-16-34-61/h4-48,69-84H,49-59H2,1-3H3. The molecule has 3 aliphatic heterocycles. The SMILES string of the molecule is COC1OC(COCc2ccccc2)C(OCc2ccccc2)C(OCc2ccccc2)C1OC(OC1C(OC)OC(COCc2ccccc2)C(OCc2ccccc2)C1OCc1ccccc1)C1OC(OC)C(OCc2ccccc2)C(OCc2ccccc2)C1OCc1ccccc1. The van der Waals surface area contributed by atoms with E-state index in [-0.39, 0.29) is 59.5 Å². The molecule has 9 aromatic rings. The van der Waals surface area contributed by atoms with Gasteiger partial charge in [0.2, 0.25) is 0 Å². The van der Waals surface area contributed by atoms with Crippen LogP contribution in [0.4, 0.5) is 0 Å². The third-order valence-electron chi connectivity index (χ3n) is 18.0. The number of hydrogen-bond acceptors (Lipinski definition) is 17. The van der Waals surface area contributed by atoms with E-state index in [0.29, 0.717) is 13.2 Å². The zero-order chi connectivity index (χ0) is 69.1. The van der Waals surface area contributed by atoms with E-state index in [0.717, 1.165) is 50.1 Å². The Morgan fingerprint density at radius 3 is 0.723 bits per heavy atom. The molecule has 0 amide bonds. The molecule has 0 aliphatic carbocycles. The van der Waals surface area contributed by atoms with Crippen molar-refractivity contribution in [3.05, 3.63) is 323 Å². The summed E-state index contributed by atoms with van der Waals surface area (Å²) in [5.74, 6) is 0. The van der Waals surface area contributed by atoms with Crippen molar-refractivity contribution in [3.8, 4) is 0 Å². The van der Waals surface area contributed by atoms with Crippen molar-refractivity contribution in [2.24, 2.45) is 0 Å². The maximum Gasteiger partial charge on any atom is 0.187 e. The van der Waals surface area contributed by atoms with Crippen molar-refractivity contribution < 1.29 is 80.5 Å². The molecule has 3 fully saturated rings. The molecule has 0 saturated carbocycles. The molecule has 17 heteroatoms. The summed E-state index contributed by atoms with van der Waals surface area (Å²) in [7, 11) is 4.72. The van der Waals surface area contributed by atoms with Crippen molar-refractivity contribution in [2.45, 2.75) is 158 Å². The molecule has 0 spiro atoms. The fourth-order valence-electron chi connectivity index (χ4n) is 12.9. The van der Waals surface area contributed by atoms with Crippen LogP contribution in [-0.2, 0) is 140 Å². The van der Waals surface area contributed by atoms with E-state index in [1.54, 1.807) is 21.3 Å². The average molecular weight is 1370 g/mol. The van der Waals surface area contributed by atoms with Gasteiger partial charge in [0.05, 0.1) is 72.7 Å². The Morgan fingerprint density at radius 2 is 0.455 bits per heavy atom. The largest absolute Gasteiger partial charge is 0.374 e. The topological polar surface area (TPSA) is 157 Å². The van der Waals surface area contributed by atoms with Gasteiger partial charge in [0.1, 0.15) is 73.2 Å². The van der Waals surface area contributed by atoms with Crippen LogP contribution in [0.1, 0.15) is 50.1 Å². The minimum Gasteiger partial charge on any atom is -0.374 e. The van der Waals surface area contributed by atoms with Crippen LogP contribution < -0.4 is 0 Å². The molecule has 12 rings (SSSR count). The Balaban J connectivity index is 1.00. The summed E-state index contributed by atoms with van der Waals surface area (Å²) in [6, 6.07) is 89.6. The lowest BCUT2D eigenvalue weighted by Crippen LogP contribution is -2.68. The van der Waals surface area contributed by atoms with Crippen LogP contribution in [0, 0.1) is 0 Å². The van der Waals surface area contributed by atoms with Crippen molar-refractivity contribution in [3.63, 3.8) is 0 Å². The van der Waals surface area contributed by atoms with Crippen LogP contribution in [0.3, 0.4) is 0 Å². The molecular formula is C84H92O17. The van der Waals surface area contributed by atoms with E-state index in [2.05, 4.69) is 0 Å². The summed E-state index contributed by atoms with van der Waals surface area (Å²) in [5, 5.41) is 0. The summed E-state index contributed by atoms with van der Waals surface area (Å²) in [5.41, 5.74) is 8.33. The van der Waals surface area contributed by atoms with Gasteiger partial charge in [-0.2, -0.15) is 0 Å². The first-order valence-electron chi connectivity index (χ1n) is 34.6. The van der Waals surface area contributed by atoms with Crippen LogP contribution in [0.15, 0.2) is 273 Å². The summed E-state index contributed by atoms with van der Waals surface area (Å²) in [6.45, 7) is 1.82. The Bertz CT molecular complexity index is 3530. The van der Waals surface area contributed by atoms with Gasteiger partial charge in [-0.25, -0.2) is 0 Å². The monoisotopic (exact) mass is 1370 g/mol. The molecule has 0 bridgehead atoms. The van der Waals surface area contributed by atoms with Crippen molar-refractivity contribution in [1.82, 2.24) is 0 Å². The molecule has 15 atom stereocenters. The Hall–Kier alpha value is -7.70. The van der Waals surface area contributed by atoms with Gasteiger partial charge in [-0.15, -0.1) is 0 Å². The maximum atomic E-state index is 7.90. The van der Waals surface area contributed by atoms with E-state index in [9.17, 15) is 0 Å². The third kappa shape index (κ3) is 21.0. The van der Waals surface area contributed by atoms with Gasteiger partial charge in [-0.3, -0.25) is 0 Å². The maximum absolute atomic E-state index is 7.90. The second-order valence-corrected chi connectivity index (χ2v) is 25.2. The van der Waals surface area contributed by atoms with E-state index < -0.39 is 98.4 Å². The van der Waals surface area contributed by atoms with Gasteiger partial charge < -0.3 is 80.5 Å². The fourth-order valence-corrected chi connectivity index (χ4v) is 12.9. The van der Waals surface area contributed by atoms with Gasteiger partial charge in [-0.1, -0.05) is 273 Å². The van der Waals surface area contributed by atoms with Gasteiger partial charge in [0.25, 0.3) is 0 Å².